The first-order valence-corrected chi connectivity index (χ1v) is 10.9. The molecule has 0 spiro atoms. The van der Waals surface area contributed by atoms with Crippen molar-refractivity contribution in [2.45, 2.75) is 33.1 Å². The van der Waals surface area contributed by atoms with Gasteiger partial charge in [0, 0.05) is 37.9 Å². The highest BCUT2D eigenvalue weighted by atomic mass is 33.1. The van der Waals surface area contributed by atoms with Crippen LogP contribution in [-0.4, -0.2) is 48.9 Å². The lowest BCUT2D eigenvalue weighted by Crippen LogP contribution is -2.25. The van der Waals surface area contributed by atoms with E-state index in [0.717, 1.165) is 37.4 Å². The third-order valence-electron chi connectivity index (χ3n) is 2.06. The molecular weight excluding hydrogens is 312 g/mol. The molecule has 7 heteroatoms. The van der Waals surface area contributed by atoms with E-state index < -0.39 is 0 Å². The van der Waals surface area contributed by atoms with Crippen LogP contribution in [0.4, 0.5) is 0 Å². The average molecular weight is 341 g/mol. The van der Waals surface area contributed by atoms with Gasteiger partial charge >= 0.3 is 0 Å². The van der Waals surface area contributed by atoms with E-state index >= 15 is 0 Å². The highest BCUT2D eigenvalue weighted by molar-refractivity contribution is 8.76. The van der Waals surface area contributed by atoms with Crippen molar-refractivity contribution in [1.82, 2.24) is 10.6 Å². The molecule has 0 saturated carbocycles. The maximum absolute atomic E-state index is 11.0. The van der Waals surface area contributed by atoms with E-state index in [4.69, 9.17) is 0 Å². The Balaban J connectivity index is 0. The Kier molecular flexibility index (Phi) is 21.1. The largest absolute Gasteiger partial charge is 0.355 e. The second-order valence-corrected chi connectivity index (χ2v) is 7.59. The predicted molar refractivity (Wildman–Crippen MR) is 95.6 cm³/mol. The molecule has 0 aromatic carbocycles. The number of amides is 2. The summed E-state index contributed by atoms with van der Waals surface area (Å²) in [6, 6.07) is 0. The number of hydrogen-bond donors (Lipinski definition) is 2. The lowest BCUT2D eigenvalue weighted by Gasteiger charge is -2.01. The minimum atomic E-state index is 0.0525. The van der Waals surface area contributed by atoms with Gasteiger partial charge in [0.2, 0.25) is 11.8 Å². The Morgan fingerprint density at radius 2 is 1.70 bits per heavy atom. The first-order valence-electron chi connectivity index (χ1n) is 6.74. The summed E-state index contributed by atoms with van der Waals surface area (Å²) in [6.07, 6.45) is 6.85. The number of hydrogen-bond acceptors (Lipinski definition) is 5. The topological polar surface area (TPSA) is 58.2 Å². The minimum absolute atomic E-state index is 0.0525. The van der Waals surface area contributed by atoms with Gasteiger partial charge in [-0.15, -0.1) is 0 Å². The number of thioether (sulfide) groups is 1. The van der Waals surface area contributed by atoms with E-state index in [1.807, 2.05) is 12.5 Å². The van der Waals surface area contributed by atoms with Crippen LogP contribution in [0, 0.1) is 0 Å². The molecule has 0 rings (SSSR count). The molecule has 2 amide bonds. The standard InChI is InChI=1S/C8H17NOS.C5H11NOS2/c1-3-4-5-8(10)9-6-7-11-2;1-5(7)6-3-4-9-8-2/h3-7H2,1-2H3,(H,9,10);3-4H2,1-2H3,(H,6,7). The molecule has 2 N–H and O–H groups in total. The highest BCUT2D eigenvalue weighted by Gasteiger charge is 1.97. The Morgan fingerprint density at radius 3 is 2.20 bits per heavy atom. The lowest BCUT2D eigenvalue weighted by atomic mass is 10.2. The molecule has 0 fully saturated rings. The van der Waals surface area contributed by atoms with E-state index in [-0.39, 0.29) is 11.8 Å². The molecule has 0 aliphatic carbocycles. The zero-order valence-electron chi connectivity index (χ0n) is 13.0. The van der Waals surface area contributed by atoms with Crippen LogP contribution in [0.3, 0.4) is 0 Å². The molecule has 4 nitrogen and oxygen atoms in total. The number of carbonyl (C=O) groups is 2. The van der Waals surface area contributed by atoms with Crippen molar-refractivity contribution < 1.29 is 9.59 Å². The molecule has 0 bridgehead atoms. The fourth-order valence-corrected chi connectivity index (χ4v) is 2.48. The van der Waals surface area contributed by atoms with Crippen LogP contribution in [0.2, 0.25) is 0 Å². The summed E-state index contributed by atoms with van der Waals surface area (Å²) in [5, 5.41) is 5.57. The van der Waals surface area contributed by atoms with Gasteiger partial charge in [0.25, 0.3) is 0 Å². The smallest absolute Gasteiger partial charge is 0.220 e. The average Bonchev–Trinajstić information content (AvgIpc) is 2.42. The maximum atomic E-state index is 11.0. The van der Waals surface area contributed by atoms with Crippen LogP contribution >= 0.6 is 33.3 Å². The molecule has 0 unspecified atom stereocenters. The maximum Gasteiger partial charge on any atom is 0.220 e. The molecule has 0 aromatic rings. The first-order chi connectivity index (χ1) is 9.58. The molecule has 0 radical (unpaired) electrons. The zero-order chi connectivity index (χ0) is 15.6. The van der Waals surface area contributed by atoms with Gasteiger partial charge in [0.1, 0.15) is 0 Å². The van der Waals surface area contributed by atoms with E-state index in [1.165, 1.54) is 6.92 Å². The summed E-state index contributed by atoms with van der Waals surface area (Å²) >= 11 is 1.75. The van der Waals surface area contributed by atoms with Crippen LogP contribution in [0.5, 0.6) is 0 Å². The third kappa shape index (κ3) is 23.1. The van der Waals surface area contributed by atoms with Gasteiger partial charge < -0.3 is 10.6 Å². The fraction of sp³-hybridized carbons (Fsp3) is 0.846. The summed E-state index contributed by atoms with van der Waals surface area (Å²) < 4.78 is 0. The van der Waals surface area contributed by atoms with E-state index in [0.29, 0.717) is 6.42 Å². The lowest BCUT2D eigenvalue weighted by molar-refractivity contribution is -0.121. The van der Waals surface area contributed by atoms with Gasteiger partial charge in [-0.25, -0.2) is 0 Å². The van der Waals surface area contributed by atoms with Crippen LogP contribution < -0.4 is 10.6 Å². The second-order valence-electron chi connectivity index (χ2n) is 3.92. The van der Waals surface area contributed by atoms with Crippen LogP contribution in [0.25, 0.3) is 0 Å². The Bertz CT molecular complexity index is 242. The molecule has 0 saturated heterocycles. The van der Waals surface area contributed by atoms with Crippen molar-refractivity contribution in [3.05, 3.63) is 0 Å². The van der Waals surface area contributed by atoms with Crippen LogP contribution in [0.15, 0.2) is 0 Å². The van der Waals surface area contributed by atoms with Crippen LogP contribution in [-0.2, 0) is 9.59 Å². The van der Waals surface area contributed by atoms with Crippen molar-refractivity contribution in [2.24, 2.45) is 0 Å². The molecule has 0 aromatic heterocycles. The van der Waals surface area contributed by atoms with Crippen molar-refractivity contribution >= 4 is 45.2 Å². The number of unbranched alkanes of at least 4 members (excludes halogenated alkanes) is 1. The van der Waals surface area contributed by atoms with Gasteiger partial charge in [-0.2, -0.15) is 11.8 Å². The van der Waals surface area contributed by atoms with Crippen molar-refractivity contribution in [3.8, 4) is 0 Å². The van der Waals surface area contributed by atoms with Crippen LogP contribution in [0.1, 0.15) is 33.1 Å². The van der Waals surface area contributed by atoms with Gasteiger partial charge in [-0.3, -0.25) is 9.59 Å². The summed E-state index contributed by atoms with van der Waals surface area (Å²) in [7, 11) is 3.47. The zero-order valence-corrected chi connectivity index (χ0v) is 15.4. The Hall–Kier alpha value is -0.0100. The molecule has 0 heterocycles. The summed E-state index contributed by atoms with van der Waals surface area (Å²) in [5.74, 6) is 2.25. The monoisotopic (exact) mass is 340 g/mol. The molecular formula is C13H28N2O2S3. The quantitative estimate of drug-likeness (QED) is 0.473. The van der Waals surface area contributed by atoms with E-state index in [1.54, 1.807) is 33.3 Å². The highest BCUT2D eigenvalue weighted by Crippen LogP contribution is 2.14. The summed E-state index contributed by atoms with van der Waals surface area (Å²) in [5.41, 5.74) is 0. The number of carbonyl (C=O) groups excluding carboxylic acids is 2. The van der Waals surface area contributed by atoms with Crippen molar-refractivity contribution in [1.29, 1.82) is 0 Å². The fourth-order valence-electron chi connectivity index (χ4n) is 1.07. The van der Waals surface area contributed by atoms with Gasteiger partial charge in [0.15, 0.2) is 0 Å². The van der Waals surface area contributed by atoms with Gasteiger partial charge in [0.05, 0.1) is 0 Å². The molecule has 0 atom stereocenters. The molecule has 20 heavy (non-hydrogen) atoms. The Labute approximate surface area is 135 Å². The molecule has 120 valence electrons. The predicted octanol–water partition coefficient (Wildman–Crippen LogP) is 2.79. The van der Waals surface area contributed by atoms with Crippen molar-refractivity contribution in [3.63, 3.8) is 0 Å². The second kappa shape index (κ2) is 19.0. The first kappa shape index (κ1) is 22.3. The number of nitrogens with one attached hydrogen (secondary N) is 2. The normalized spacial score (nSPS) is 9.40. The minimum Gasteiger partial charge on any atom is -0.355 e. The summed E-state index contributed by atoms with van der Waals surface area (Å²) in [6.45, 7) is 5.21. The summed E-state index contributed by atoms with van der Waals surface area (Å²) in [4.78, 5) is 21.2. The molecule has 0 aliphatic rings. The Morgan fingerprint density at radius 1 is 1.05 bits per heavy atom. The van der Waals surface area contributed by atoms with Gasteiger partial charge in [-0.1, -0.05) is 34.9 Å². The van der Waals surface area contributed by atoms with E-state index in [2.05, 4.69) is 17.6 Å². The third-order valence-corrected chi connectivity index (χ3v) is 4.49. The molecule has 0 aliphatic heterocycles. The SMILES string of the molecule is CCCCC(=O)NCCSC.CSSCCNC(C)=O. The van der Waals surface area contributed by atoms with Gasteiger partial charge in [-0.05, 0) is 18.9 Å². The van der Waals surface area contributed by atoms with Crippen molar-refractivity contribution in [2.75, 3.05) is 37.1 Å². The van der Waals surface area contributed by atoms with E-state index in [9.17, 15) is 9.59 Å². The number of rotatable bonds is 10.